The lowest BCUT2D eigenvalue weighted by molar-refractivity contribution is 1.13. The lowest BCUT2D eigenvalue weighted by atomic mass is 9.86. The monoisotopic (exact) mass is 430 g/mol. The Morgan fingerprint density at radius 1 is 0.324 bits per heavy atom. The molecule has 2 heterocycles. The lowest BCUT2D eigenvalue weighted by Crippen LogP contribution is -1.99. The molecule has 0 bridgehead atoms. The number of aromatic nitrogens is 4. The minimum Gasteiger partial charge on any atom is -0.149 e. The zero-order valence-corrected chi connectivity index (χ0v) is 17.9. The first-order valence-electron chi connectivity index (χ1n) is 11.4. The summed E-state index contributed by atoms with van der Waals surface area (Å²) in [5.74, 6) is 0. The van der Waals surface area contributed by atoms with Crippen molar-refractivity contribution < 1.29 is 0 Å². The van der Waals surface area contributed by atoms with E-state index in [0.717, 1.165) is 65.2 Å². The number of hydrogen-bond acceptors (Lipinski definition) is 4. The van der Waals surface area contributed by atoms with E-state index in [-0.39, 0.29) is 0 Å². The van der Waals surface area contributed by atoms with Gasteiger partial charge in [-0.2, -0.15) is 0 Å². The minimum absolute atomic E-state index is 0.931. The summed E-state index contributed by atoms with van der Waals surface area (Å²) in [6, 6.07) is 29.9. The number of nitrogens with zero attached hydrogens (tertiary/aromatic N) is 4. The van der Waals surface area contributed by atoms with Gasteiger partial charge in [0.15, 0.2) is 0 Å². The van der Waals surface area contributed by atoms with Crippen LogP contribution < -0.4 is 0 Å². The van der Waals surface area contributed by atoms with Crippen LogP contribution in [-0.4, -0.2) is 20.4 Å². The Morgan fingerprint density at radius 2 is 0.676 bits per heavy atom. The van der Waals surface area contributed by atoms with Gasteiger partial charge in [0.1, 0.15) is 22.1 Å². The third-order valence-electron chi connectivity index (χ3n) is 7.49. The molecule has 34 heavy (non-hydrogen) atoms. The molecule has 4 nitrogen and oxygen atoms in total. The van der Waals surface area contributed by atoms with Crippen molar-refractivity contribution >= 4 is 86.7 Å². The molecule has 4 heteroatoms. The second kappa shape index (κ2) is 5.61. The summed E-state index contributed by atoms with van der Waals surface area (Å²) in [7, 11) is 0. The summed E-state index contributed by atoms with van der Waals surface area (Å²) in [4.78, 5) is 0. The van der Waals surface area contributed by atoms with E-state index in [1.165, 1.54) is 21.5 Å². The van der Waals surface area contributed by atoms with Crippen LogP contribution in [0.1, 0.15) is 0 Å². The van der Waals surface area contributed by atoms with Gasteiger partial charge in [-0.15, -0.1) is 20.4 Å². The summed E-state index contributed by atoms with van der Waals surface area (Å²) in [6.07, 6.45) is 0. The molecular formula is C30H14N4. The van der Waals surface area contributed by atoms with Gasteiger partial charge in [-0.25, -0.2) is 0 Å². The molecule has 0 fully saturated rings. The van der Waals surface area contributed by atoms with Gasteiger partial charge in [-0.3, -0.25) is 0 Å². The number of benzene rings is 7. The van der Waals surface area contributed by atoms with Crippen molar-refractivity contribution in [1.29, 1.82) is 0 Å². The molecule has 154 valence electrons. The largest absolute Gasteiger partial charge is 0.149 e. The van der Waals surface area contributed by atoms with E-state index in [0.29, 0.717) is 0 Å². The Morgan fingerprint density at radius 3 is 1.12 bits per heavy atom. The second-order valence-electron chi connectivity index (χ2n) is 9.13. The Balaban J connectivity index is 1.77. The average molecular weight is 430 g/mol. The van der Waals surface area contributed by atoms with Gasteiger partial charge in [-0.1, -0.05) is 72.8 Å². The normalized spacial score (nSPS) is 12.7. The van der Waals surface area contributed by atoms with E-state index in [1.54, 1.807) is 0 Å². The molecule has 0 amide bonds. The van der Waals surface area contributed by atoms with Crippen LogP contribution in [0.2, 0.25) is 0 Å². The molecule has 0 saturated carbocycles. The topological polar surface area (TPSA) is 51.6 Å². The van der Waals surface area contributed by atoms with Crippen LogP contribution >= 0.6 is 0 Å². The Kier molecular flexibility index (Phi) is 2.78. The van der Waals surface area contributed by atoms with E-state index < -0.39 is 0 Å². The highest BCUT2D eigenvalue weighted by atomic mass is 15.1. The Labute approximate surface area is 192 Å². The van der Waals surface area contributed by atoms with Gasteiger partial charge in [0.2, 0.25) is 0 Å². The number of hydrogen-bond donors (Lipinski definition) is 0. The van der Waals surface area contributed by atoms with Gasteiger partial charge in [-0.05, 0) is 33.7 Å². The van der Waals surface area contributed by atoms with Gasteiger partial charge < -0.3 is 0 Å². The summed E-state index contributed by atoms with van der Waals surface area (Å²) in [5.41, 5.74) is 3.75. The van der Waals surface area contributed by atoms with E-state index >= 15 is 0 Å². The van der Waals surface area contributed by atoms with Crippen LogP contribution in [-0.2, 0) is 0 Å². The highest BCUT2D eigenvalue weighted by Crippen LogP contribution is 2.48. The minimum atomic E-state index is 0.931. The molecule has 0 spiro atoms. The molecule has 2 aromatic heterocycles. The van der Waals surface area contributed by atoms with Crippen molar-refractivity contribution in [3.8, 4) is 0 Å². The molecule has 0 aliphatic rings. The Bertz CT molecular complexity index is 2120. The van der Waals surface area contributed by atoms with Gasteiger partial charge in [0.05, 0.1) is 0 Å². The van der Waals surface area contributed by atoms with Crippen LogP contribution in [0, 0.1) is 0 Å². The molecule has 0 radical (unpaired) electrons. The van der Waals surface area contributed by atoms with E-state index in [9.17, 15) is 0 Å². The molecule has 0 atom stereocenters. The molecule has 9 aromatic rings. The fraction of sp³-hybridized carbons (Fsp3) is 0. The van der Waals surface area contributed by atoms with Gasteiger partial charge >= 0.3 is 0 Å². The quantitative estimate of drug-likeness (QED) is 0.186. The highest BCUT2D eigenvalue weighted by molar-refractivity contribution is 6.45. The van der Waals surface area contributed by atoms with Crippen molar-refractivity contribution in [3.63, 3.8) is 0 Å². The first kappa shape index (κ1) is 16.9. The summed E-state index contributed by atoms with van der Waals surface area (Å²) >= 11 is 0. The molecule has 0 saturated heterocycles. The highest BCUT2D eigenvalue weighted by Gasteiger charge is 2.24. The van der Waals surface area contributed by atoms with Crippen LogP contribution in [0.25, 0.3) is 86.7 Å². The zero-order chi connectivity index (χ0) is 22.0. The number of rotatable bonds is 0. The molecule has 0 aliphatic heterocycles. The van der Waals surface area contributed by atoms with Crippen molar-refractivity contribution in [2.24, 2.45) is 0 Å². The predicted molar refractivity (Wildman–Crippen MR) is 140 cm³/mol. The maximum absolute atomic E-state index is 4.83. The third-order valence-corrected chi connectivity index (χ3v) is 7.49. The molecule has 0 aliphatic carbocycles. The molecule has 9 rings (SSSR count). The zero-order valence-electron chi connectivity index (χ0n) is 17.9. The number of fused-ring (bicyclic) bond motifs is 8. The lowest BCUT2D eigenvalue weighted by Gasteiger charge is -2.19. The second-order valence-corrected chi connectivity index (χ2v) is 9.13. The predicted octanol–water partition coefficient (Wildman–Crippen LogP) is 7.37. The summed E-state index contributed by atoms with van der Waals surface area (Å²) in [5, 5.41) is 33.0. The van der Waals surface area contributed by atoms with E-state index in [1.807, 2.05) is 0 Å². The van der Waals surface area contributed by atoms with Crippen molar-refractivity contribution in [2.45, 2.75) is 0 Å². The van der Waals surface area contributed by atoms with Crippen molar-refractivity contribution in [2.75, 3.05) is 0 Å². The Hall–Kier alpha value is -4.70. The van der Waals surface area contributed by atoms with E-state index in [4.69, 9.17) is 20.4 Å². The fourth-order valence-corrected chi connectivity index (χ4v) is 6.09. The van der Waals surface area contributed by atoms with Crippen LogP contribution in [0.15, 0.2) is 84.9 Å². The average Bonchev–Trinajstić information content (AvgIpc) is 2.91. The molecule has 7 aromatic carbocycles. The van der Waals surface area contributed by atoms with E-state index in [2.05, 4.69) is 84.9 Å². The summed E-state index contributed by atoms with van der Waals surface area (Å²) < 4.78 is 0. The SMILES string of the molecule is c1ccc2c(c1)cc1c3cc4ccccc4c4nnc5c6ccccc6c6nnc2c1c6c5c34. The molecular weight excluding hydrogens is 416 g/mol. The van der Waals surface area contributed by atoms with Gasteiger partial charge in [0, 0.05) is 43.1 Å². The van der Waals surface area contributed by atoms with Gasteiger partial charge in [0.25, 0.3) is 0 Å². The maximum atomic E-state index is 4.83. The van der Waals surface area contributed by atoms with Crippen LogP contribution in [0.5, 0.6) is 0 Å². The third kappa shape index (κ3) is 1.80. The standard InChI is InChI=1S/C30H14N4/c1-3-9-17-15(7-1)13-21-22-14-16-8-2-4-10-18(16)28-24(22)26-25-23(21)27(17)31-33-29(25)19-11-5-6-12-20(19)30(26)34-32-28/h1-14H. The smallest absolute Gasteiger partial charge is 0.102 e. The molecule has 0 N–H and O–H groups in total. The van der Waals surface area contributed by atoms with Crippen molar-refractivity contribution in [3.05, 3.63) is 84.9 Å². The summed E-state index contributed by atoms with van der Waals surface area (Å²) in [6.45, 7) is 0. The fourth-order valence-electron chi connectivity index (χ4n) is 6.09. The first-order chi connectivity index (χ1) is 16.9. The first-order valence-corrected chi connectivity index (χ1v) is 11.4. The van der Waals surface area contributed by atoms with Crippen LogP contribution in [0.3, 0.4) is 0 Å². The molecule has 0 unspecified atom stereocenters. The maximum Gasteiger partial charge on any atom is 0.102 e. The van der Waals surface area contributed by atoms with Crippen molar-refractivity contribution in [1.82, 2.24) is 20.4 Å². The van der Waals surface area contributed by atoms with Crippen LogP contribution in [0.4, 0.5) is 0 Å².